The van der Waals surface area contributed by atoms with Crippen molar-refractivity contribution in [2.24, 2.45) is 5.73 Å². The van der Waals surface area contributed by atoms with Gasteiger partial charge in [-0.1, -0.05) is 6.07 Å². The quantitative estimate of drug-likeness (QED) is 0.731. The first-order valence-corrected chi connectivity index (χ1v) is 6.79. The van der Waals surface area contributed by atoms with Crippen LogP contribution in [-0.2, 0) is 14.8 Å². The number of rotatable bonds is 4. The van der Waals surface area contributed by atoms with Gasteiger partial charge in [0.25, 0.3) is 0 Å². The van der Waals surface area contributed by atoms with Gasteiger partial charge in [0.2, 0.25) is 15.9 Å². The molecular formula is C11H17N3O3S. The minimum Gasteiger partial charge on any atom is -0.324 e. The molecule has 0 heterocycles. The topological polar surface area (TPSA) is 101 Å². The standard InChI is InChI=1S/C11H17N3O3S/c1-11(2,12)10(15)14-8-5-4-6-9(7-8)18(16,17)13-3/h4-7,13H,12H2,1-3H3,(H,14,15). The van der Waals surface area contributed by atoms with Crippen molar-refractivity contribution >= 4 is 21.6 Å². The highest BCUT2D eigenvalue weighted by atomic mass is 32.2. The highest BCUT2D eigenvalue weighted by Crippen LogP contribution is 2.16. The zero-order valence-electron chi connectivity index (χ0n) is 10.5. The van der Waals surface area contributed by atoms with Crippen molar-refractivity contribution in [3.8, 4) is 0 Å². The van der Waals surface area contributed by atoms with Crippen molar-refractivity contribution < 1.29 is 13.2 Å². The van der Waals surface area contributed by atoms with E-state index in [4.69, 9.17) is 5.73 Å². The molecule has 18 heavy (non-hydrogen) atoms. The summed E-state index contributed by atoms with van der Waals surface area (Å²) in [5.74, 6) is -0.387. The molecule has 0 spiro atoms. The molecule has 0 radical (unpaired) electrons. The fourth-order valence-corrected chi connectivity index (χ4v) is 1.93. The summed E-state index contributed by atoms with van der Waals surface area (Å²) < 4.78 is 25.4. The van der Waals surface area contributed by atoms with Gasteiger partial charge in [0.1, 0.15) is 0 Å². The molecule has 1 aromatic carbocycles. The van der Waals surface area contributed by atoms with Crippen LogP contribution in [0.25, 0.3) is 0 Å². The lowest BCUT2D eigenvalue weighted by molar-refractivity contribution is -0.120. The Kier molecular flexibility index (Phi) is 4.10. The van der Waals surface area contributed by atoms with Crippen molar-refractivity contribution in [3.63, 3.8) is 0 Å². The molecule has 0 aliphatic carbocycles. The van der Waals surface area contributed by atoms with Gasteiger partial charge in [0, 0.05) is 5.69 Å². The van der Waals surface area contributed by atoms with Crippen molar-refractivity contribution in [2.75, 3.05) is 12.4 Å². The highest BCUT2D eigenvalue weighted by Gasteiger charge is 2.22. The van der Waals surface area contributed by atoms with E-state index >= 15 is 0 Å². The Hall–Kier alpha value is -1.44. The number of hydrogen-bond acceptors (Lipinski definition) is 4. The second kappa shape index (κ2) is 5.05. The van der Waals surface area contributed by atoms with Crippen LogP contribution in [-0.4, -0.2) is 26.9 Å². The average Bonchev–Trinajstić information content (AvgIpc) is 2.28. The number of carbonyl (C=O) groups excluding carboxylic acids is 1. The molecule has 0 fully saturated rings. The van der Waals surface area contributed by atoms with Crippen molar-refractivity contribution in [1.29, 1.82) is 0 Å². The lowest BCUT2D eigenvalue weighted by atomic mass is 10.1. The molecule has 6 nitrogen and oxygen atoms in total. The molecule has 4 N–H and O–H groups in total. The fourth-order valence-electron chi connectivity index (χ4n) is 1.15. The summed E-state index contributed by atoms with van der Waals surface area (Å²) in [5.41, 5.74) is 4.99. The first-order chi connectivity index (χ1) is 8.16. The van der Waals surface area contributed by atoms with Gasteiger partial charge < -0.3 is 11.1 Å². The first kappa shape index (κ1) is 14.6. The number of anilines is 1. The molecule has 0 bridgehead atoms. The predicted octanol–water partition coefficient (Wildman–Crippen LogP) is 0.271. The smallest absolute Gasteiger partial charge is 0.243 e. The third-order valence-electron chi connectivity index (χ3n) is 2.26. The van der Waals surface area contributed by atoms with Crippen LogP contribution >= 0.6 is 0 Å². The van der Waals surface area contributed by atoms with Crippen LogP contribution in [0.1, 0.15) is 13.8 Å². The van der Waals surface area contributed by atoms with Crippen molar-refractivity contribution in [1.82, 2.24) is 4.72 Å². The monoisotopic (exact) mass is 271 g/mol. The second-order valence-electron chi connectivity index (χ2n) is 4.41. The van der Waals surface area contributed by atoms with Gasteiger partial charge in [-0.25, -0.2) is 13.1 Å². The molecule has 0 aromatic heterocycles. The van der Waals surface area contributed by atoms with E-state index in [-0.39, 0.29) is 10.8 Å². The lowest BCUT2D eigenvalue weighted by Crippen LogP contribution is -2.45. The predicted molar refractivity (Wildman–Crippen MR) is 69.6 cm³/mol. The Labute approximate surface area is 107 Å². The van der Waals surface area contributed by atoms with E-state index in [0.717, 1.165) is 0 Å². The number of nitrogens with two attached hydrogens (primary N) is 1. The minimum absolute atomic E-state index is 0.0811. The van der Waals surface area contributed by atoms with E-state index in [1.807, 2.05) is 0 Å². The summed E-state index contributed by atoms with van der Waals surface area (Å²) in [6.07, 6.45) is 0. The Balaban J connectivity index is 3.01. The molecule has 1 amide bonds. The number of carbonyl (C=O) groups is 1. The van der Waals surface area contributed by atoms with Gasteiger partial charge in [-0.05, 0) is 39.1 Å². The van der Waals surface area contributed by atoms with Gasteiger partial charge in [-0.15, -0.1) is 0 Å². The average molecular weight is 271 g/mol. The fraction of sp³-hybridized carbons (Fsp3) is 0.364. The summed E-state index contributed by atoms with van der Waals surface area (Å²) in [5, 5.41) is 2.56. The van der Waals surface area contributed by atoms with Gasteiger partial charge in [0.15, 0.2) is 0 Å². The van der Waals surface area contributed by atoms with E-state index in [1.54, 1.807) is 26.0 Å². The van der Waals surface area contributed by atoms with E-state index < -0.39 is 15.6 Å². The van der Waals surface area contributed by atoms with Crippen LogP contribution in [0.3, 0.4) is 0 Å². The van der Waals surface area contributed by atoms with Crippen LogP contribution in [0.15, 0.2) is 29.2 Å². The summed E-state index contributed by atoms with van der Waals surface area (Å²) in [6.45, 7) is 3.13. The summed E-state index contributed by atoms with van der Waals surface area (Å²) in [7, 11) is -2.20. The molecular weight excluding hydrogens is 254 g/mol. The maximum atomic E-state index is 11.7. The van der Waals surface area contributed by atoms with Crippen molar-refractivity contribution in [2.45, 2.75) is 24.3 Å². The van der Waals surface area contributed by atoms with Gasteiger partial charge in [0.05, 0.1) is 10.4 Å². The molecule has 1 aromatic rings. The normalized spacial score (nSPS) is 12.2. The summed E-state index contributed by atoms with van der Waals surface area (Å²) in [4.78, 5) is 11.7. The van der Waals surface area contributed by atoms with E-state index in [9.17, 15) is 13.2 Å². The van der Waals surface area contributed by atoms with Crippen LogP contribution in [0, 0.1) is 0 Å². The number of hydrogen-bond donors (Lipinski definition) is 3. The SMILES string of the molecule is CNS(=O)(=O)c1cccc(NC(=O)C(C)(C)N)c1. The van der Waals surface area contributed by atoms with E-state index in [2.05, 4.69) is 10.0 Å². The molecule has 1 rings (SSSR count). The Morgan fingerprint density at radius 2 is 1.94 bits per heavy atom. The number of nitrogens with one attached hydrogen (secondary N) is 2. The van der Waals surface area contributed by atoms with Crippen molar-refractivity contribution in [3.05, 3.63) is 24.3 Å². The van der Waals surface area contributed by atoms with Crippen LogP contribution < -0.4 is 15.8 Å². The second-order valence-corrected chi connectivity index (χ2v) is 6.30. The molecule has 7 heteroatoms. The zero-order chi connectivity index (χ0) is 14.0. The molecule has 100 valence electrons. The summed E-state index contributed by atoms with van der Waals surface area (Å²) in [6, 6.07) is 5.95. The molecule has 0 aliphatic rings. The third-order valence-corrected chi connectivity index (χ3v) is 3.67. The maximum absolute atomic E-state index is 11.7. The third kappa shape index (κ3) is 3.52. The van der Waals surface area contributed by atoms with E-state index in [0.29, 0.717) is 5.69 Å². The van der Waals surface area contributed by atoms with Gasteiger partial charge >= 0.3 is 0 Å². The molecule has 0 aliphatic heterocycles. The maximum Gasteiger partial charge on any atom is 0.243 e. The Morgan fingerprint density at radius 1 is 1.33 bits per heavy atom. The number of benzene rings is 1. The number of sulfonamides is 1. The Morgan fingerprint density at radius 3 is 2.44 bits per heavy atom. The van der Waals surface area contributed by atoms with Gasteiger partial charge in [-0.2, -0.15) is 0 Å². The van der Waals surface area contributed by atoms with Crippen LogP contribution in [0.4, 0.5) is 5.69 Å². The lowest BCUT2D eigenvalue weighted by Gasteiger charge is -2.18. The molecule has 0 saturated carbocycles. The highest BCUT2D eigenvalue weighted by molar-refractivity contribution is 7.89. The number of amides is 1. The Bertz CT molecular complexity index is 547. The molecule has 0 unspecified atom stereocenters. The molecule has 0 atom stereocenters. The zero-order valence-corrected chi connectivity index (χ0v) is 11.3. The van der Waals surface area contributed by atoms with Crippen LogP contribution in [0.5, 0.6) is 0 Å². The molecule has 0 saturated heterocycles. The van der Waals surface area contributed by atoms with Crippen LogP contribution in [0.2, 0.25) is 0 Å². The minimum atomic E-state index is -3.52. The van der Waals surface area contributed by atoms with E-state index in [1.165, 1.54) is 19.2 Å². The largest absolute Gasteiger partial charge is 0.324 e. The van der Waals surface area contributed by atoms with Gasteiger partial charge in [-0.3, -0.25) is 4.79 Å². The summed E-state index contributed by atoms with van der Waals surface area (Å²) >= 11 is 0. The first-order valence-electron chi connectivity index (χ1n) is 5.31.